The number of carbonyl (C=O) groups excluding carboxylic acids is 1. The van der Waals surface area contributed by atoms with Crippen molar-refractivity contribution >= 4 is 11.9 Å². The summed E-state index contributed by atoms with van der Waals surface area (Å²) in [6.07, 6.45) is 5.02. The molecule has 1 aromatic carbocycles. The zero-order valence-corrected chi connectivity index (χ0v) is 15.6. The van der Waals surface area contributed by atoms with Gasteiger partial charge < -0.3 is 10.2 Å². The molecule has 1 aliphatic carbocycles. The number of carbonyl (C=O) groups is 1. The van der Waals surface area contributed by atoms with Crippen LogP contribution in [0.2, 0.25) is 0 Å². The molecule has 2 atom stereocenters. The van der Waals surface area contributed by atoms with Gasteiger partial charge in [0, 0.05) is 44.2 Å². The van der Waals surface area contributed by atoms with Crippen molar-refractivity contribution in [2.24, 2.45) is 5.92 Å². The van der Waals surface area contributed by atoms with E-state index in [0.29, 0.717) is 37.8 Å². The lowest BCUT2D eigenvalue weighted by Gasteiger charge is -2.36. The van der Waals surface area contributed by atoms with Crippen molar-refractivity contribution in [3.05, 3.63) is 53.9 Å². The number of alkyl halides is 1. The molecule has 0 spiro atoms. The highest BCUT2D eigenvalue weighted by atomic mass is 19.1. The molecule has 2 fully saturated rings. The van der Waals surface area contributed by atoms with Crippen LogP contribution in [0.3, 0.4) is 0 Å². The molecule has 1 aromatic heterocycles. The summed E-state index contributed by atoms with van der Waals surface area (Å²) in [5.74, 6) is 1.02. The Morgan fingerprint density at radius 1 is 1.22 bits per heavy atom. The summed E-state index contributed by atoms with van der Waals surface area (Å²) in [6.45, 7) is 3.04. The van der Waals surface area contributed by atoms with E-state index in [0.717, 1.165) is 12.0 Å². The molecule has 4 rings (SSSR count). The first-order valence-electron chi connectivity index (χ1n) is 9.59. The lowest BCUT2D eigenvalue weighted by molar-refractivity contribution is -0.135. The monoisotopic (exact) mass is 368 g/mol. The van der Waals surface area contributed by atoms with E-state index in [4.69, 9.17) is 0 Å². The van der Waals surface area contributed by atoms with Gasteiger partial charge in [0.1, 0.15) is 5.67 Å². The Bertz CT molecular complexity index is 788. The zero-order valence-electron chi connectivity index (χ0n) is 15.6. The second kappa shape index (κ2) is 7.25. The molecule has 0 bridgehead atoms. The molecule has 1 amide bonds. The molecule has 5 nitrogen and oxygen atoms in total. The van der Waals surface area contributed by atoms with Crippen LogP contribution in [0.25, 0.3) is 0 Å². The molecule has 2 heterocycles. The molecule has 0 unspecified atom stereocenters. The number of benzene rings is 1. The second-order valence-corrected chi connectivity index (χ2v) is 7.77. The smallest absolute Gasteiger partial charge is 0.226 e. The van der Waals surface area contributed by atoms with Gasteiger partial charge in [-0.3, -0.25) is 4.79 Å². The van der Waals surface area contributed by atoms with E-state index in [1.807, 2.05) is 30.0 Å². The quantitative estimate of drug-likeness (QED) is 0.879. The normalized spacial score (nSPS) is 23.7. The van der Waals surface area contributed by atoms with Gasteiger partial charge in [-0.05, 0) is 30.4 Å². The summed E-state index contributed by atoms with van der Waals surface area (Å²) in [5, 5.41) is 2.99. The minimum absolute atomic E-state index is 0.0681. The van der Waals surface area contributed by atoms with Gasteiger partial charge in [0.25, 0.3) is 0 Å². The number of amides is 1. The minimum atomic E-state index is -1.33. The minimum Gasteiger partial charge on any atom is -0.351 e. The molecule has 1 saturated carbocycles. The topological polar surface area (TPSA) is 58.1 Å². The Kier molecular flexibility index (Phi) is 4.81. The van der Waals surface area contributed by atoms with Gasteiger partial charge in [0.15, 0.2) is 0 Å². The molecule has 1 aliphatic heterocycles. The lowest BCUT2D eigenvalue weighted by Crippen LogP contribution is -2.48. The third kappa shape index (κ3) is 4.10. The predicted octanol–water partition coefficient (Wildman–Crippen LogP) is 3.33. The first-order valence-corrected chi connectivity index (χ1v) is 9.59. The molecule has 27 heavy (non-hydrogen) atoms. The Hall–Kier alpha value is -2.50. The first-order chi connectivity index (χ1) is 13.0. The van der Waals surface area contributed by atoms with Gasteiger partial charge in [-0.2, -0.15) is 0 Å². The van der Waals surface area contributed by atoms with Crippen LogP contribution in [0.1, 0.15) is 36.3 Å². The van der Waals surface area contributed by atoms with Gasteiger partial charge in [0.05, 0.1) is 6.54 Å². The molecule has 2 aromatic rings. The van der Waals surface area contributed by atoms with E-state index >= 15 is 4.39 Å². The van der Waals surface area contributed by atoms with Gasteiger partial charge in [-0.15, -0.1) is 0 Å². The number of nitrogens with zero attached hydrogens (tertiary/aromatic N) is 3. The number of piperidine rings is 1. The maximum atomic E-state index is 15.1. The zero-order chi connectivity index (χ0) is 18.9. The van der Waals surface area contributed by atoms with Gasteiger partial charge in [-0.1, -0.05) is 30.3 Å². The van der Waals surface area contributed by atoms with E-state index in [2.05, 4.69) is 27.4 Å². The Morgan fingerprint density at radius 3 is 2.56 bits per heavy atom. The van der Waals surface area contributed by atoms with E-state index in [9.17, 15) is 4.79 Å². The molecule has 0 radical (unpaired) electrons. The van der Waals surface area contributed by atoms with Crippen LogP contribution >= 0.6 is 0 Å². The standard InChI is InChI=1S/C21H25FN4O/c1-15-12-23-20(24-13-15)25-14-21(22)7-9-26(10-8-21)19(27)18-11-17(18)16-5-3-2-4-6-16/h2-6,12-13,17-18H,7-11,14H2,1H3,(H,23,24,25)/t17-,18+/m1/s1. The van der Waals surface area contributed by atoms with E-state index < -0.39 is 5.67 Å². The number of rotatable bonds is 5. The van der Waals surface area contributed by atoms with Gasteiger partial charge in [-0.25, -0.2) is 14.4 Å². The summed E-state index contributed by atoms with van der Waals surface area (Å²) >= 11 is 0. The van der Waals surface area contributed by atoms with Crippen molar-refractivity contribution < 1.29 is 9.18 Å². The number of hydrogen-bond donors (Lipinski definition) is 1. The predicted molar refractivity (Wildman–Crippen MR) is 102 cm³/mol. The lowest BCUT2D eigenvalue weighted by atomic mass is 9.93. The maximum absolute atomic E-state index is 15.1. The third-order valence-corrected chi connectivity index (χ3v) is 5.65. The first kappa shape index (κ1) is 17.9. The Labute approximate surface area is 159 Å². The number of aromatic nitrogens is 2. The molecule has 1 saturated heterocycles. The van der Waals surface area contributed by atoms with Crippen molar-refractivity contribution in [2.75, 3.05) is 25.0 Å². The fourth-order valence-electron chi connectivity index (χ4n) is 3.80. The van der Waals surface area contributed by atoms with E-state index in [-0.39, 0.29) is 18.4 Å². The molecule has 1 N–H and O–H groups in total. The molecule has 2 aliphatic rings. The van der Waals surface area contributed by atoms with Crippen LogP contribution in [0.15, 0.2) is 42.7 Å². The van der Waals surface area contributed by atoms with Crippen molar-refractivity contribution in [1.29, 1.82) is 0 Å². The molecule has 6 heteroatoms. The van der Waals surface area contributed by atoms with Crippen LogP contribution < -0.4 is 5.32 Å². The maximum Gasteiger partial charge on any atom is 0.226 e. The number of likely N-dealkylation sites (tertiary alicyclic amines) is 1. The van der Waals surface area contributed by atoms with Crippen LogP contribution in [-0.4, -0.2) is 46.1 Å². The highest BCUT2D eigenvalue weighted by Crippen LogP contribution is 2.48. The summed E-state index contributed by atoms with van der Waals surface area (Å²) < 4.78 is 15.1. The summed E-state index contributed by atoms with van der Waals surface area (Å²) in [5.41, 5.74) is 0.874. The average Bonchev–Trinajstić information content (AvgIpc) is 3.49. The average molecular weight is 368 g/mol. The summed E-state index contributed by atoms with van der Waals surface area (Å²) in [6, 6.07) is 10.2. The van der Waals surface area contributed by atoms with Crippen LogP contribution in [0, 0.1) is 12.8 Å². The highest BCUT2D eigenvalue weighted by Gasteiger charge is 2.47. The number of aryl methyl sites for hydroxylation is 1. The number of nitrogens with one attached hydrogen (secondary N) is 1. The van der Waals surface area contributed by atoms with Crippen molar-refractivity contribution in [3.63, 3.8) is 0 Å². The van der Waals surface area contributed by atoms with Crippen LogP contribution in [0.5, 0.6) is 0 Å². The number of hydrogen-bond acceptors (Lipinski definition) is 4. The van der Waals surface area contributed by atoms with Gasteiger partial charge >= 0.3 is 0 Å². The molecular formula is C21H25FN4O. The third-order valence-electron chi connectivity index (χ3n) is 5.65. The summed E-state index contributed by atoms with van der Waals surface area (Å²) in [7, 11) is 0. The Balaban J connectivity index is 1.27. The SMILES string of the molecule is Cc1cnc(NCC2(F)CCN(C(=O)[C@H]3C[C@@H]3c3ccccc3)CC2)nc1. The van der Waals surface area contributed by atoms with Crippen molar-refractivity contribution in [1.82, 2.24) is 14.9 Å². The largest absolute Gasteiger partial charge is 0.351 e. The van der Waals surface area contributed by atoms with Crippen LogP contribution in [0.4, 0.5) is 10.3 Å². The Morgan fingerprint density at radius 2 is 1.89 bits per heavy atom. The number of halogens is 1. The van der Waals surface area contributed by atoms with Gasteiger partial charge in [0.2, 0.25) is 11.9 Å². The highest BCUT2D eigenvalue weighted by molar-refractivity contribution is 5.83. The van der Waals surface area contributed by atoms with E-state index in [1.165, 1.54) is 5.56 Å². The molecule has 142 valence electrons. The van der Waals surface area contributed by atoms with Crippen molar-refractivity contribution in [2.45, 2.75) is 37.8 Å². The van der Waals surface area contributed by atoms with Crippen LogP contribution in [-0.2, 0) is 4.79 Å². The fourth-order valence-corrected chi connectivity index (χ4v) is 3.80. The van der Waals surface area contributed by atoms with E-state index in [1.54, 1.807) is 12.4 Å². The molecular weight excluding hydrogens is 343 g/mol. The number of anilines is 1. The van der Waals surface area contributed by atoms with Crippen molar-refractivity contribution in [3.8, 4) is 0 Å². The fraction of sp³-hybridized carbons (Fsp3) is 0.476. The summed E-state index contributed by atoms with van der Waals surface area (Å²) in [4.78, 5) is 22.9. The second-order valence-electron chi connectivity index (χ2n) is 7.77.